The Morgan fingerprint density at radius 3 is 1.73 bits per heavy atom. The van der Waals surface area contributed by atoms with Gasteiger partial charge in [-0.15, -0.1) is 0 Å². The van der Waals surface area contributed by atoms with Crippen LogP contribution in [0.3, 0.4) is 0 Å². The molecule has 1 radical (unpaired) electrons. The van der Waals surface area contributed by atoms with E-state index in [1.807, 2.05) is 0 Å². The van der Waals surface area contributed by atoms with Crippen LogP contribution in [0.5, 0.6) is 0 Å². The summed E-state index contributed by atoms with van der Waals surface area (Å²) in [4.78, 5) is 0. The van der Waals surface area contributed by atoms with Gasteiger partial charge in [0.15, 0.2) is 0 Å². The van der Waals surface area contributed by atoms with Crippen LogP contribution in [0, 0.1) is 6.07 Å². The molecule has 0 aliphatic rings. The Hall–Kier alpha value is -0.780. The van der Waals surface area contributed by atoms with Crippen LogP contribution < -0.4 is 0 Å². The van der Waals surface area contributed by atoms with Gasteiger partial charge in [0.1, 0.15) is 0 Å². The minimum Gasteiger partial charge on any atom is -0.0587 e. The van der Waals surface area contributed by atoms with Crippen molar-refractivity contribution in [2.24, 2.45) is 0 Å². The van der Waals surface area contributed by atoms with Gasteiger partial charge in [0.25, 0.3) is 0 Å². The van der Waals surface area contributed by atoms with Gasteiger partial charge in [0, 0.05) is 0 Å². The lowest BCUT2D eigenvalue weighted by Crippen LogP contribution is -2.01. The van der Waals surface area contributed by atoms with Crippen LogP contribution >= 0.6 is 0 Å². The second-order valence-corrected chi connectivity index (χ2v) is 5.26. The van der Waals surface area contributed by atoms with E-state index in [1.54, 1.807) is 0 Å². The van der Waals surface area contributed by atoms with Crippen LogP contribution in [-0.4, -0.2) is 0 Å². The quantitative estimate of drug-likeness (QED) is 0.658. The first kappa shape index (κ1) is 12.3. The molecule has 1 aromatic rings. The molecule has 0 aliphatic heterocycles. The molecule has 0 unspecified atom stereocenters. The zero-order valence-corrected chi connectivity index (χ0v) is 10.9. The van der Waals surface area contributed by atoms with E-state index in [0.29, 0.717) is 17.8 Å². The van der Waals surface area contributed by atoms with Crippen LogP contribution in [0.4, 0.5) is 0 Å². The van der Waals surface area contributed by atoms with Gasteiger partial charge in [-0.1, -0.05) is 53.7 Å². The van der Waals surface area contributed by atoms with Crippen LogP contribution in [0.25, 0.3) is 0 Å². The number of hydrogen-bond acceptors (Lipinski definition) is 0. The maximum Gasteiger partial charge on any atom is -0.0143 e. The van der Waals surface area contributed by atoms with Gasteiger partial charge in [-0.25, -0.2) is 0 Å². The minimum atomic E-state index is 0.573. The van der Waals surface area contributed by atoms with Gasteiger partial charge < -0.3 is 0 Å². The van der Waals surface area contributed by atoms with Gasteiger partial charge in [-0.3, -0.25) is 0 Å². The molecule has 0 aliphatic carbocycles. The summed E-state index contributed by atoms with van der Waals surface area (Å²) in [6, 6.07) is 7.94. The first-order chi connectivity index (χ1) is 6.93. The number of rotatable bonds is 3. The molecule has 0 amide bonds. The molecule has 0 fully saturated rings. The van der Waals surface area contributed by atoms with E-state index in [-0.39, 0.29) is 0 Å². The van der Waals surface area contributed by atoms with Gasteiger partial charge in [-0.2, -0.15) is 0 Å². The highest BCUT2D eigenvalue weighted by Gasteiger charge is 2.11. The molecule has 0 nitrogen and oxygen atoms in total. The zero-order chi connectivity index (χ0) is 11.6. The molecule has 1 aromatic carbocycles. The first-order valence-electron chi connectivity index (χ1n) is 5.98. The standard InChI is InChI=1S/C15H23/c1-10(2)13-7-8-14(11(3)4)15(9-13)12(5)6/h8-12H,1-6H3. The third kappa shape index (κ3) is 2.84. The Labute approximate surface area is 94.7 Å². The van der Waals surface area contributed by atoms with Crippen LogP contribution in [0.1, 0.15) is 76.0 Å². The van der Waals surface area contributed by atoms with Crippen molar-refractivity contribution < 1.29 is 0 Å². The van der Waals surface area contributed by atoms with Gasteiger partial charge >= 0.3 is 0 Å². The van der Waals surface area contributed by atoms with Crippen molar-refractivity contribution in [2.75, 3.05) is 0 Å². The van der Waals surface area contributed by atoms with Gasteiger partial charge in [0.05, 0.1) is 0 Å². The summed E-state index contributed by atoms with van der Waals surface area (Å²) in [6.45, 7) is 13.5. The predicted octanol–water partition coefficient (Wildman–Crippen LogP) is 4.86. The molecule has 0 saturated heterocycles. The minimum absolute atomic E-state index is 0.573. The van der Waals surface area contributed by atoms with Crippen molar-refractivity contribution in [3.8, 4) is 0 Å². The first-order valence-corrected chi connectivity index (χ1v) is 5.98. The van der Waals surface area contributed by atoms with E-state index in [1.165, 1.54) is 16.7 Å². The van der Waals surface area contributed by atoms with Crippen LogP contribution in [0.2, 0.25) is 0 Å². The van der Waals surface area contributed by atoms with Gasteiger partial charge in [-0.05, 0) is 40.5 Å². The summed E-state index contributed by atoms with van der Waals surface area (Å²) in [7, 11) is 0. The second kappa shape index (κ2) is 4.83. The highest BCUT2D eigenvalue weighted by molar-refractivity contribution is 5.36. The average Bonchev–Trinajstić information content (AvgIpc) is 2.16. The molecule has 0 bridgehead atoms. The SMILES string of the molecule is CC(C)c1[c]cc(C(C)C)c(C(C)C)c1. The molecule has 1 rings (SSSR count). The van der Waals surface area contributed by atoms with Crippen molar-refractivity contribution in [3.63, 3.8) is 0 Å². The normalized spacial score (nSPS) is 11.8. The maximum atomic E-state index is 3.41. The van der Waals surface area contributed by atoms with Crippen molar-refractivity contribution in [3.05, 3.63) is 34.9 Å². The molecule has 0 spiro atoms. The third-order valence-electron chi connectivity index (χ3n) is 2.90. The molecule has 0 aromatic heterocycles. The Balaban J connectivity index is 3.21. The molecule has 0 N–H and O–H groups in total. The largest absolute Gasteiger partial charge is 0.0587 e. The Morgan fingerprint density at radius 2 is 1.33 bits per heavy atom. The highest BCUT2D eigenvalue weighted by Crippen LogP contribution is 2.28. The maximum absolute atomic E-state index is 3.41. The molecule has 0 heteroatoms. The van der Waals surface area contributed by atoms with Crippen molar-refractivity contribution in [2.45, 2.75) is 59.3 Å². The van der Waals surface area contributed by atoms with Crippen LogP contribution in [-0.2, 0) is 0 Å². The smallest absolute Gasteiger partial charge is 0.0143 e. The van der Waals surface area contributed by atoms with Gasteiger partial charge in [0.2, 0.25) is 0 Å². The van der Waals surface area contributed by atoms with E-state index in [2.05, 4.69) is 59.7 Å². The van der Waals surface area contributed by atoms with E-state index in [9.17, 15) is 0 Å². The number of hydrogen-bond donors (Lipinski definition) is 0. The molecule has 0 saturated carbocycles. The summed E-state index contributed by atoms with van der Waals surface area (Å²) in [5.41, 5.74) is 4.28. The number of benzene rings is 1. The second-order valence-electron chi connectivity index (χ2n) is 5.26. The fourth-order valence-electron chi connectivity index (χ4n) is 1.87. The summed E-state index contributed by atoms with van der Waals surface area (Å²) in [5.74, 6) is 1.78. The lowest BCUT2D eigenvalue weighted by molar-refractivity contribution is 0.777. The highest BCUT2D eigenvalue weighted by atomic mass is 14.2. The van der Waals surface area contributed by atoms with E-state index >= 15 is 0 Å². The Kier molecular flexibility index (Phi) is 3.96. The Morgan fingerprint density at radius 1 is 0.800 bits per heavy atom. The van der Waals surface area contributed by atoms with Crippen molar-refractivity contribution >= 4 is 0 Å². The van der Waals surface area contributed by atoms with Crippen molar-refractivity contribution in [1.82, 2.24) is 0 Å². The summed E-state index contributed by atoms with van der Waals surface area (Å²) in [6.07, 6.45) is 0. The molecule has 0 atom stereocenters. The predicted molar refractivity (Wildman–Crippen MR) is 67.5 cm³/mol. The monoisotopic (exact) mass is 203 g/mol. The third-order valence-corrected chi connectivity index (χ3v) is 2.90. The summed E-state index contributed by atoms with van der Waals surface area (Å²) in [5, 5.41) is 0. The van der Waals surface area contributed by atoms with E-state index in [4.69, 9.17) is 0 Å². The van der Waals surface area contributed by atoms with Crippen molar-refractivity contribution in [1.29, 1.82) is 0 Å². The van der Waals surface area contributed by atoms with E-state index < -0.39 is 0 Å². The average molecular weight is 203 g/mol. The van der Waals surface area contributed by atoms with Crippen LogP contribution in [0.15, 0.2) is 12.1 Å². The molecular formula is C15H23. The fourth-order valence-corrected chi connectivity index (χ4v) is 1.87. The molecular weight excluding hydrogens is 180 g/mol. The lowest BCUT2D eigenvalue weighted by Gasteiger charge is -2.18. The molecule has 0 heterocycles. The molecule has 83 valence electrons. The Bertz CT molecular complexity index is 319. The lowest BCUT2D eigenvalue weighted by atomic mass is 9.87. The topological polar surface area (TPSA) is 0 Å². The summed E-state index contributed by atoms with van der Waals surface area (Å²) >= 11 is 0. The molecule has 15 heavy (non-hydrogen) atoms. The zero-order valence-electron chi connectivity index (χ0n) is 10.9. The van der Waals surface area contributed by atoms with E-state index in [0.717, 1.165) is 0 Å². The summed E-state index contributed by atoms with van der Waals surface area (Å²) < 4.78 is 0. The fraction of sp³-hybridized carbons (Fsp3) is 0.600.